The maximum absolute atomic E-state index is 13.6. The van der Waals surface area contributed by atoms with E-state index < -0.39 is 6.04 Å². The lowest BCUT2D eigenvalue weighted by molar-refractivity contribution is -0.139. The maximum atomic E-state index is 13.6. The first-order valence-electron chi connectivity index (χ1n) is 11.6. The van der Waals surface area contributed by atoms with Gasteiger partial charge in [-0.1, -0.05) is 89.4 Å². The highest BCUT2D eigenvalue weighted by molar-refractivity contribution is 7.99. The predicted octanol–water partition coefficient (Wildman–Crippen LogP) is 7.04. The van der Waals surface area contributed by atoms with E-state index >= 15 is 0 Å². The molecule has 4 nitrogen and oxygen atoms in total. The van der Waals surface area contributed by atoms with Gasteiger partial charge in [0.15, 0.2) is 0 Å². The number of nitrogens with one attached hydrogen (secondary N) is 1. The first-order valence-corrected chi connectivity index (χ1v) is 13.9. The van der Waals surface area contributed by atoms with Crippen molar-refractivity contribution in [2.24, 2.45) is 0 Å². The minimum Gasteiger partial charge on any atom is -0.352 e. The Bertz CT molecular complexity index is 1170. The summed E-state index contributed by atoms with van der Waals surface area (Å²) in [4.78, 5) is 28.7. The van der Waals surface area contributed by atoms with Crippen LogP contribution in [0, 0.1) is 0 Å². The minimum absolute atomic E-state index is 0.0627. The number of amides is 2. The van der Waals surface area contributed by atoms with Gasteiger partial charge in [-0.2, -0.15) is 0 Å². The van der Waals surface area contributed by atoms with Crippen molar-refractivity contribution in [1.82, 2.24) is 10.2 Å². The summed E-state index contributed by atoms with van der Waals surface area (Å²) >= 11 is 20.1. The molecule has 3 aromatic carbocycles. The highest BCUT2D eigenvalue weighted by atomic mass is 35.5. The first kappa shape index (κ1) is 28.4. The van der Waals surface area contributed by atoms with Gasteiger partial charge in [0, 0.05) is 29.8 Å². The van der Waals surface area contributed by atoms with Crippen LogP contribution in [0.2, 0.25) is 15.1 Å². The third kappa shape index (κ3) is 8.45. The van der Waals surface area contributed by atoms with Crippen LogP contribution in [0.5, 0.6) is 0 Å². The molecule has 8 heteroatoms. The van der Waals surface area contributed by atoms with E-state index in [0.717, 1.165) is 16.7 Å². The second-order valence-electron chi connectivity index (χ2n) is 8.72. The van der Waals surface area contributed by atoms with Crippen molar-refractivity contribution < 1.29 is 9.59 Å². The molecule has 1 N–H and O–H groups in total. The smallest absolute Gasteiger partial charge is 0.243 e. The third-order valence-corrected chi connectivity index (χ3v) is 7.55. The fourth-order valence-electron chi connectivity index (χ4n) is 3.72. The summed E-state index contributed by atoms with van der Waals surface area (Å²) in [5, 5.41) is 4.50. The normalized spacial score (nSPS) is 11.8. The molecule has 0 heterocycles. The molecule has 3 rings (SSSR count). The highest BCUT2D eigenvalue weighted by Crippen LogP contribution is 2.25. The molecule has 0 aliphatic carbocycles. The second-order valence-corrected chi connectivity index (χ2v) is 10.9. The largest absolute Gasteiger partial charge is 0.352 e. The zero-order chi connectivity index (χ0) is 26.1. The van der Waals surface area contributed by atoms with Gasteiger partial charge in [0.2, 0.25) is 11.8 Å². The van der Waals surface area contributed by atoms with Crippen molar-refractivity contribution in [3.05, 3.63) is 105 Å². The maximum Gasteiger partial charge on any atom is 0.243 e. The fourth-order valence-corrected chi connectivity index (χ4v) is 5.23. The Morgan fingerprint density at radius 2 is 1.56 bits per heavy atom. The van der Waals surface area contributed by atoms with Crippen molar-refractivity contribution in [2.75, 3.05) is 5.75 Å². The summed E-state index contributed by atoms with van der Waals surface area (Å²) in [7, 11) is 0. The van der Waals surface area contributed by atoms with Crippen LogP contribution in [0.25, 0.3) is 0 Å². The number of hydrogen-bond donors (Lipinski definition) is 1. The van der Waals surface area contributed by atoms with Crippen LogP contribution in [0.15, 0.2) is 72.8 Å². The SMILES string of the molecule is CC(C)NC(=O)[C@@H](Cc1ccccc1)N(Cc1ccc(Cl)c(Cl)c1)C(=O)CSCc1ccccc1Cl. The molecule has 0 saturated heterocycles. The molecule has 0 radical (unpaired) electrons. The van der Waals surface area contributed by atoms with Crippen molar-refractivity contribution in [3.8, 4) is 0 Å². The lowest BCUT2D eigenvalue weighted by Crippen LogP contribution is -2.52. The molecule has 190 valence electrons. The van der Waals surface area contributed by atoms with Gasteiger partial charge in [0.25, 0.3) is 0 Å². The molecule has 3 aromatic rings. The summed E-state index contributed by atoms with van der Waals surface area (Å²) in [5.74, 6) is 0.455. The molecule has 0 spiro atoms. The van der Waals surface area contributed by atoms with Crippen LogP contribution in [0.1, 0.15) is 30.5 Å². The average Bonchev–Trinajstić information content (AvgIpc) is 2.84. The van der Waals surface area contributed by atoms with Crippen LogP contribution < -0.4 is 5.32 Å². The predicted molar refractivity (Wildman–Crippen MR) is 152 cm³/mol. The summed E-state index contributed by atoms with van der Waals surface area (Å²) in [6, 6.07) is 21.8. The van der Waals surface area contributed by atoms with E-state index in [1.54, 1.807) is 17.0 Å². The number of halogens is 3. The molecule has 36 heavy (non-hydrogen) atoms. The molecule has 0 aromatic heterocycles. The monoisotopic (exact) mass is 562 g/mol. The van der Waals surface area contributed by atoms with Crippen LogP contribution >= 0.6 is 46.6 Å². The summed E-state index contributed by atoms with van der Waals surface area (Å²) in [5.41, 5.74) is 2.73. The van der Waals surface area contributed by atoms with E-state index in [-0.39, 0.29) is 30.2 Å². The van der Waals surface area contributed by atoms with Crippen LogP contribution in [-0.4, -0.2) is 34.6 Å². The Hall–Kier alpha value is -2.18. The van der Waals surface area contributed by atoms with E-state index in [1.165, 1.54) is 11.8 Å². The molecular weight excluding hydrogens is 535 g/mol. The van der Waals surface area contributed by atoms with E-state index in [9.17, 15) is 9.59 Å². The fraction of sp³-hybridized carbons (Fsp3) is 0.286. The van der Waals surface area contributed by atoms with Crippen LogP contribution in [0.3, 0.4) is 0 Å². The molecule has 0 bridgehead atoms. The van der Waals surface area contributed by atoms with Gasteiger partial charge in [0.05, 0.1) is 15.8 Å². The topological polar surface area (TPSA) is 49.4 Å². The van der Waals surface area contributed by atoms with E-state index in [0.29, 0.717) is 27.2 Å². The molecule has 0 unspecified atom stereocenters. The number of thioether (sulfide) groups is 1. The second kappa shape index (κ2) is 13.9. The molecule has 1 atom stereocenters. The third-order valence-electron chi connectivity index (χ3n) is 5.48. The van der Waals surface area contributed by atoms with Gasteiger partial charge in [-0.15, -0.1) is 11.8 Å². The number of hydrogen-bond acceptors (Lipinski definition) is 3. The number of rotatable bonds is 11. The zero-order valence-corrected chi connectivity index (χ0v) is 23.3. The number of carbonyl (C=O) groups excluding carboxylic acids is 2. The van der Waals surface area contributed by atoms with E-state index in [4.69, 9.17) is 34.8 Å². The molecule has 0 saturated carbocycles. The first-order chi connectivity index (χ1) is 17.2. The van der Waals surface area contributed by atoms with Gasteiger partial charge < -0.3 is 10.2 Å². The Balaban J connectivity index is 1.88. The quantitative estimate of drug-likeness (QED) is 0.272. The summed E-state index contributed by atoms with van der Waals surface area (Å²) in [6.45, 7) is 4.04. The Labute approximate surface area is 232 Å². The van der Waals surface area contributed by atoms with Gasteiger partial charge in [0.1, 0.15) is 6.04 Å². The summed E-state index contributed by atoms with van der Waals surface area (Å²) < 4.78 is 0. The number of benzene rings is 3. The lowest BCUT2D eigenvalue weighted by atomic mass is 10.0. The van der Waals surface area contributed by atoms with Crippen LogP contribution in [0.4, 0.5) is 0 Å². The number of nitrogens with zero attached hydrogens (tertiary/aromatic N) is 1. The minimum atomic E-state index is -0.697. The zero-order valence-electron chi connectivity index (χ0n) is 20.2. The lowest BCUT2D eigenvalue weighted by Gasteiger charge is -2.32. The van der Waals surface area contributed by atoms with E-state index in [1.807, 2.05) is 74.5 Å². The summed E-state index contributed by atoms with van der Waals surface area (Å²) in [6.07, 6.45) is 0.391. The molecular formula is C28H29Cl3N2O2S. The Morgan fingerprint density at radius 1 is 0.861 bits per heavy atom. The molecule has 2 amide bonds. The van der Waals surface area contributed by atoms with E-state index in [2.05, 4.69) is 5.32 Å². The van der Waals surface area contributed by atoms with Gasteiger partial charge >= 0.3 is 0 Å². The molecule has 0 fully saturated rings. The van der Waals surface area contributed by atoms with Crippen molar-refractivity contribution in [1.29, 1.82) is 0 Å². The van der Waals surface area contributed by atoms with Crippen molar-refractivity contribution in [3.63, 3.8) is 0 Å². The van der Waals surface area contributed by atoms with Gasteiger partial charge in [-0.05, 0) is 48.7 Å². The van der Waals surface area contributed by atoms with Gasteiger partial charge in [-0.25, -0.2) is 0 Å². The molecule has 0 aliphatic rings. The Kier molecular flexibility index (Phi) is 11.0. The average molecular weight is 564 g/mol. The van der Waals surface area contributed by atoms with Crippen molar-refractivity contribution >= 4 is 58.4 Å². The highest BCUT2D eigenvalue weighted by Gasteiger charge is 2.30. The number of carbonyl (C=O) groups is 2. The van der Waals surface area contributed by atoms with Crippen LogP contribution in [-0.2, 0) is 28.3 Å². The standard InChI is InChI=1S/C28H29Cl3N2O2S/c1-19(2)32-28(35)26(15-20-8-4-3-5-9-20)33(16-21-12-13-24(30)25(31)14-21)27(34)18-36-17-22-10-6-7-11-23(22)29/h3-14,19,26H,15-18H2,1-2H3,(H,32,35)/t26-/m1/s1. The van der Waals surface area contributed by atoms with Gasteiger partial charge in [-0.3, -0.25) is 9.59 Å². The Morgan fingerprint density at radius 3 is 2.22 bits per heavy atom. The molecule has 0 aliphatic heterocycles. The van der Waals surface area contributed by atoms with Crippen molar-refractivity contribution in [2.45, 2.75) is 44.6 Å².